The first-order valence-electron chi connectivity index (χ1n) is 7.33. The number of rotatable bonds is 0. The normalized spacial score (nSPS) is 7.72. The molecule has 0 saturated carbocycles. The van der Waals surface area contributed by atoms with Gasteiger partial charge in [0, 0.05) is 0 Å². The molecule has 0 N–H and O–H groups in total. The van der Waals surface area contributed by atoms with Gasteiger partial charge in [0.15, 0.2) is 0 Å². The monoisotopic (exact) mass is 423 g/mol. The van der Waals surface area contributed by atoms with E-state index in [1.54, 1.807) is 42.5 Å². The van der Waals surface area contributed by atoms with E-state index in [2.05, 4.69) is 6.58 Å². The van der Waals surface area contributed by atoms with Crippen LogP contribution in [0.2, 0.25) is 0 Å². The predicted molar refractivity (Wildman–Crippen MR) is 93.5 cm³/mol. The first kappa shape index (κ1) is 24.7. The van der Waals surface area contributed by atoms with E-state index in [-0.39, 0.29) is 36.7 Å². The molecule has 4 heteroatoms. The summed E-state index contributed by atoms with van der Waals surface area (Å²) in [5.41, 5.74) is 0. The first-order chi connectivity index (χ1) is 11.6. The van der Waals surface area contributed by atoms with Crippen LogP contribution >= 0.6 is 0 Å². The Balaban J connectivity index is 0. The van der Waals surface area contributed by atoms with Crippen LogP contribution in [-0.2, 0) is 19.5 Å². The summed E-state index contributed by atoms with van der Waals surface area (Å²) in [5, 5.41) is 30.8. The van der Waals surface area contributed by atoms with Crippen molar-refractivity contribution in [3.63, 3.8) is 0 Å². The smallest absolute Gasteiger partial charge is 0.872 e. The molecule has 25 heavy (non-hydrogen) atoms. The van der Waals surface area contributed by atoms with Crippen molar-refractivity contribution in [3.05, 3.63) is 104 Å². The van der Waals surface area contributed by atoms with Crippen LogP contribution < -0.4 is 15.3 Å². The average Bonchev–Trinajstić information content (AvgIpc) is 2.59. The van der Waals surface area contributed by atoms with E-state index >= 15 is 0 Å². The van der Waals surface area contributed by atoms with E-state index in [4.69, 9.17) is 0 Å². The van der Waals surface area contributed by atoms with E-state index in [0.29, 0.717) is 0 Å². The summed E-state index contributed by atoms with van der Waals surface area (Å²) in [7, 11) is 0. The van der Waals surface area contributed by atoms with Crippen LogP contribution in [-0.4, -0.2) is 0 Å². The van der Waals surface area contributed by atoms with Crippen LogP contribution in [0, 0.1) is 0 Å². The average molecular weight is 422 g/mol. The number of benzene rings is 3. The number of hydrogen-bond acceptors (Lipinski definition) is 3. The third-order valence-corrected chi connectivity index (χ3v) is 2.23. The molecule has 0 amide bonds. The van der Waals surface area contributed by atoms with E-state index in [0.717, 1.165) is 0 Å². The molecule has 0 saturated heterocycles. The van der Waals surface area contributed by atoms with Gasteiger partial charge in [-0.05, 0) is 6.92 Å². The van der Waals surface area contributed by atoms with Crippen LogP contribution in [0.15, 0.2) is 104 Å². The number of allylic oxidation sites excluding steroid dienone is 1. The van der Waals surface area contributed by atoms with Crippen molar-refractivity contribution in [2.75, 3.05) is 0 Å². The molecular weight excluding hydrogens is 401 g/mol. The summed E-state index contributed by atoms with van der Waals surface area (Å²) in [6.07, 6.45) is 1.75. The molecule has 0 aliphatic heterocycles. The third-order valence-electron chi connectivity index (χ3n) is 2.23. The fraction of sp³-hybridized carbons (Fsp3) is 0.0476. The number of hydrogen-bond donors (Lipinski definition) is 0. The number of para-hydroxylation sites is 3. The Morgan fingerprint density at radius 3 is 0.800 bits per heavy atom. The molecule has 0 unspecified atom stereocenters. The van der Waals surface area contributed by atoms with E-state index in [1.807, 2.05) is 25.1 Å². The molecule has 0 aromatic heterocycles. The van der Waals surface area contributed by atoms with E-state index < -0.39 is 0 Å². The van der Waals surface area contributed by atoms with Crippen LogP contribution in [0.3, 0.4) is 0 Å². The van der Waals surface area contributed by atoms with Gasteiger partial charge in [0.05, 0.1) is 0 Å². The second-order valence-corrected chi connectivity index (χ2v) is 4.35. The molecule has 0 bridgehead atoms. The molecule has 0 fully saturated rings. The molecule has 0 heterocycles. The van der Waals surface area contributed by atoms with Gasteiger partial charge in [-0.1, -0.05) is 97.1 Å². The Hall–Kier alpha value is -2.58. The van der Waals surface area contributed by atoms with Gasteiger partial charge in [-0.15, -0.1) is 23.8 Å². The van der Waals surface area contributed by atoms with E-state index in [1.165, 1.54) is 36.4 Å². The quantitative estimate of drug-likeness (QED) is 0.412. The molecule has 3 rings (SSSR count). The maximum Gasteiger partial charge on any atom is 3.00 e. The van der Waals surface area contributed by atoms with Crippen LogP contribution in [0.4, 0.5) is 0 Å². The summed E-state index contributed by atoms with van der Waals surface area (Å²) < 4.78 is 0. The second-order valence-electron chi connectivity index (χ2n) is 4.35. The molecule has 0 aliphatic carbocycles. The molecule has 3 aromatic carbocycles. The van der Waals surface area contributed by atoms with Crippen molar-refractivity contribution >= 4 is 0 Å². The fourth-order valence-electron chi connectivity index (χ4n) is 1.26. The first-order valence-corrected chi connectivity index (χ1v) is 7.33. The molecule has 0 spiro atoms. The minimum atomic E-state index is 0. The predicted octanol–water partition coefficient (Wildman–Crippen LogP) is 3.47. The van der Waals surface area contributed by atoms with Gasteiger partial charge in [-0.3, -0.25) is 0 Å². The van der Waals surface area contributed by atoms with Crippen molar-refractivity contribution in [2.45, 2.75) is 6.92 Å². The summed E-state index contributed by atoms with van der Waals surface area (Å²) in [4.78, 5) is 0. The third kappa shape index (κ3) is 17.6. The maximum atomic E-state index is 10.3. The van der Waals surface area contributed by atoms with Gasteiger partial charge in [-0.25, -0.2) is 0 Å². The summed E-state index contributed by atoms with van der Waals surface area (Å²) in [6.45, 7) is 5.25. The molecular formula is C21H21O3Ru. The summed E-state index contributed by atoms with van der Waals surface area (Å²) >= 11 is 0. The Kier molecular flexibility index (Phi) is 17.5. The van der Waals surface area contributed by atoms with Gasteiger partial charge < -0.3 is 15.3 Å². The van der Waals surface area contributed by atoms with Crippen molar-refractivity contribution < 1.29 is 34.8 Å². The maximum absolute atomic E-state index is 10.3. The van der Waals surface area contributed by atoms with Gasteiger partial charge in [0.2, 0.25) is 0 Å². The van der Waals surface area contributed by atoms with Gasteiger partial charge in [0.1, 0.15) is 0 Å². The Bertz CT molecular complexity index is 540. The zero-order valence-corrected chi connectivity index (χ0v) is 15.8. The Morgan fingerprint density at radius 1 is 0.560 bits per heavy atom. The molecule has 3 aromatic rings. The van der Waals surface area contributed by atoms with Crippen molar-refractivity contribution in [2.24, 2.45) is 0 Å². The molecule has 0 atom stereocenters. The minimum Gasteiger partial charge on any atom is -0.872 e. The second kappa shape index (κ2) is 17.8. The van der Waals surface area contributed by atoms with Gasteiger partial charge in [0.25, 0.3) is 0 Å². The zero-order valence-electron chi connectivity index (χ0n) is 14.0. The van der Waals surface area contributed by atoms with E-state index in [9.17, 15) is 15.3 Å². The minimum absolute atomic E-state index is 0. The van der Waals surface area contributed by atoms with Crippen molar-refractivity contribution in [1.29, 1.82) is 0 Å². The van der Waals surface area contributed by atoms with Gasteiger partial charge >= 0.3 is 19.5 Å². The summed E-state index contributed by atoms with van der Waals surface area (Å²) in [6, 6.07) is 25.0. The Morgan fingerprint density at radius 2 is 0.720 bits per heavy atom. The Labute approximate surface area is 162 Å². The van der Waals surface area contributed by atoms with Crippen molar-refractivity contribution in [1.82, 2.24) is 0 Å². The van der Waals surface area contributed by atoms with Gasteiger partial charge in [-0.2, -0.15) is 0 Å². The fourth-order valence-corrected chi connectivity index (χ4v) is 1.26. The van der Waals surface area contributed by atoms with Crippen LogP contribution in [0.5, 0.6) is 17.2 Å². The van der Waals surface area contributed by atoms with Crippen LogP contribution in [0.25, 0.3) is 0 Å². The molecule has 3 nitrogen and oxygen atoms in total. The SMILES string of the molecule is C=CC.[O-]c1ccccc1.[O-]c1ccccc1.[O-]c1ccccc1.[Ru+3]. The van der Waals surface area contributed by atoms with Crippen LogP contribution in [0.1, 0.15) is 6.92 Å². The molecule has 131 valence electrons. The zero-order chi connectivity index (χ0) is 18.0. The molecule has 1 radical (unpaired) electrons. The summed E-state index contributed by atoms with van der Waals surface area (Å²) in [5.74, 6) is 0.215. The standard InChI is InChI=1S/3C6H6O.C3H6.Ru/c3*7-6-4-2-1-3-5-6;1-3-2;/h3*1-5,7H;3H,1H2,2H3;/q;;;;+3/p-3. The van der Waals surface area contributed by atoms with Crippen molar-refractivity contribution in [3.8, 4) is 17.2 Å². The molecule has 0 aliphatic rings. The topological polar surface area (TPSA) is 69.2 Å². The largest absolute Gasteiger partial charge is 3.00 e.